The van der Waals surface area contributed by atoms with Gasteiger partial charge in [-0.05, 0) is 6.92 Å². The van der Waals surface area contributed by atoms with Crippen LogP contribution in [-0.4, -0.2) is 49.1 Å². The highest BCUT2D eigenvalue weighted by atomic mass is 19.4. The molecule has 0 aromatic heterocycles. The number of amides is 1. The lowest BCUT2D eigenvalue weighted by Gasteiger charge is -2.26. The lowest BCUT2D eigenvalue weighted by molar-refractivity contribution is -0.274. The second-order valence-electron chi connectivity index (χ2n) is 2.97. The summed E-state index contributed by atoms with van der Waals surface area (Å²) >= 11 is 0. The Kier molecular flexibility index (Phi) is 4.84. The normalized spacial score (nSPS) is 12.2. The van der Waals surface area contributed by atoms with Crippen molar-refractivity contribution in [2.75, 3.05) is 20.2 Å². The summed E-state index contributed by atoms with van der Waals surface area (Å²) in [5.74, 6) is -9.08. The van der Waals surface area contributed by atoms with Crippen LogP contribution >= 0.6 is 0 Å². The van der Waals surface area contributed by atoms with Gasteiger partial charge in [-0.2, -0.15) is 22.0 Å². The first-order valence-electron chi connectivity index (χ1n) is 4.38. The van der Waals surface area contributed by atoms with Crippen molar-refractivity contribution in [2.24, 2.45) is 0 Å². The van der Waals surface area contributed by atoms with Gasteiger partial charge in [-0.15, -0.1) is 0 Å². The highest BCUT2D eigenvalue weighted by Gasteiger charge is 2.64. The van der Waals surface area contributed by atoms with Gasteiger partial charge in [-0.3, -0.25) is 9.59 Å². The lowest BCUT2D eigenvalue weighted by Crippen LogP contribution is -2.53. The summed E-state index contributed by atoms with van der Waals surface area (Å²) < 4.78 is 65.0. The molecule has 0 aromatic carbocycles. The average Bonchev–Trinajstić information content (AvgIpc) is 2.22. The fourth-order valence-corrected chi connectivity index (χ4v) is 0.867. The highest BCUT2D eigenvalue weighted by molar-refractivity contribution is 5.87. The molecule has 100 valence electrons. The van der Waals surface area contributed by atoms with Gasteiger partial charge >= 0.3 is 24.0 Å². The van der Waals surface area contributed by atoms with Crippen molar-refractivity contribution >= 4 is 11.9 Å². The predicted octanol–water partition coefficient (Wildman–Crippen LogP) is 1.21. The number of methoxy groups -OCH3 is 1. The molecule has 0 saturated carbocycles. The second-order valence-corrected chi connectivity index (χ2v) is 2.97. The minimum Gasteiger partial charge on any atom is -0.468 e. The molecule has 0 unspecified atom stereocenters. The van der Waals surface area contributed by atoms with Gasteiger partial charge in [0.15, 0.2) is 0 Å². The maximum absolute atomic E-state index is 12.6. The Hall–Kier alpha value is -1.41. The van der Waals surface area contributed by atoms with E-state index in [4.69, 9.17) is 0 Å². The minimum atomic E-state index is -5.99. The van der Waals surface area contributed by atoms with Crippen molar-refractivity contribution in [3.05, 3.63) is 0 Å². The summed E-state index contributed by atoms with van der Waals surface area (Å²) in [6.07, 6.45) is -5.99. The zero-order valence-electron chi connectivity index (χ0n) is 8.98. The van der Waals surface area contributed by atoms with Gasteiger partial charge in [-0.25, -0.2) is 0 Å². The lowest BCUT2D eigenvalue weighted by atomic mass is 10.2. The SMILES string of the molecule is CCN(CC(=O)OC)C(=O)C(F)(F)C(F)(F)F. The summed E-state index contributed by atoms with van der Waals surface area (Å²) in [4.78, 5) is 21.7. The third-order valence-electron chi connectivity index (χ3n) is 1.84. The second kappa shape index (κ2) is 5.28. The van der Waals surface area contributed by atoms with Crippen molar-refractivity contribution in [2.45, 2.75) is 19.0 Å². The van der Waals surface area contributed by atoms with E-state index in [-0.39, 0.29) is 4.90 Å². The maximum atomic E-state index is 12.6. The molecule has 0 aliphatic rings. The number of halogens is 5. The summed E-state index contributed by atoms with van der Waals surface area (Å²) in [5.41, 5.74) is 0. The summed E-state index contributed by atoms with van der Waals surface area (Å²) in [5, 5.41) is 0. The van der Waals surface area contributed by atoms with Crippen LogP contribution in [0.15, 0.2) is 0 Å². The molecular weight excluding hydrogens is 253 g/mol. The number of alkyl halides is 5. The van der Waals surface area contributed by atoms with Crippen LogP contribution in [0, 0.1) is 0 Å². The number of nitrogens with zero attached hydrogens (tertiary/aromatic N) is 1. The molecule has 0 heterocycles. The molecular formula is C8H10F5NO3. The minimum absolute atomic E-state index is 0.0688. The van der Waals surface area contributed by atoms with Gasteiger partial charge < -0.3 is 9.64 Å². The maximum Gasteiger partial charge on any atom is 0.463 e. The van der Waals surface area contributed by atoms with Gasteiger partial charge in [0, 0.05) is 6.54 Å². The third-order valence-corrected chi connectivity index (χ3v) is 1.84. The number of likely N-dealkylation sites (N-methyl/N-ethyl adjacent to an activating group) is 1. The molecule has 0 saturated heterocycles. The van der Waals surface area contributed by atoms with Gasteiger partial charge in [0.25, 0.3) is 0 Å². The molecule has 9 heteroatoms. The molecule has 17 heavy (non-hydrogen) atoms. The number of carbonyl (C=O) groups is 2. The van der Waals surface area contributed by atoms with Crippen LogP contribution in [0.2, 0.25) is 0 Å². The Bertz CT molecular complexity index is 302. The number of esters is 1. The van der Waals surface area contributed by atoms with Crippen LogP contribution in [0.3, 0.4) is 0 Å². The van der Waals surface area contributed by atoms with Crippen LogP contribution in [0.1, 0.15) is 6.92 Å². The third kappa shape index (κ3) is 3.53. The Balaban J connectivity index is 4.93. The molecule has 0 rings (SSSR count). The van der Waals surface area contributed by atoms with Crippen LogP contribution in [0.5, 0.6) is 0 Å². The standard InChI is InChI=1S/C8H10F5NO3/c1-3-14(4-5(15)17-2)6(16)7(9,10)8(11,12)13/h3-4H2,1-2H3. The first kappa shape index (κ1) is 15.6. The fraction of sp³-hybridized carbons (Fsp3) is 0.750. The van der Waals surface area contributed by atoms with Gasteiger partial charge in [0.1, 0.15) is 6.54 Å². The first-order chi connectivity index (χ1) is 7.57. The fourth-order valence-electron chi connectivity index (χ4n) is 0.867. The van der Waals surface area contributed by atoms with Crippen LogP contribution in [0.4, 0.5) is 22.0 Å². The molecule has 0 spiro atoms. The quantitative estimate of drug-likeness (QED) is 0.565. The molecule has 0 fully saturated rings. The summed E-state index contributed by atoms with van der Waals surface area (Å²) in [7, 11) is 0.919. The number of hydrogen-bond acceptors (Lipinski definition) is 3. The Morgan fingerprint density at radius 2 is 1.65 bits per heavy atom. The molecule has 0 N–H and O–H groups in total. The molecule has 0 aliphatic carbocycles. The van der Waals surface area contributed by atoms with E-state index in [1.807, 2.05) is 0 Å². The van der Waals surface area contributed by atoms with Crippen molar-refractivity contribution in [1.82, 2.24) is 4.90 Å². The molecule has 0 aliphatic heterocycles. The number of hydrogen-bond donors (Lipinski definition) is 0. The molecule has 0 atom stereocenters. The van der Waals surface area contributed by atoms with Crippen molar-refractivity contribution in [3.8, 4) is 0 Å². The predicted molar refractivity (Wildman–Crippen MR) is 45.3 cm³/mol. The molecule has 1 amide bonds. The topological polar surface area (TPSA) is 46.6 Å². The molecule has 0 bridgehead atoms. The Labute approximate surface area is 93.3 Å². The van der Waals surface area contributed by atoms with Gasteiger partial charge in [0.2, 0.25) is 0 Å². The van der Waals surface area contributed by atoms with Crippen LogP contribution in [-0.2, 0) is 14.3 Å². The summed E-state index contributed by atoms with van der Waals surface area (Å²) in [6, 6.07) is 0. The number of carbonyl (C=O) groups excluding carboxylic acids is 2. The zero-order valence-corrected chi connectivity index (χ0v) is 8.98. The molecule has 0 aromatic rings. The summed E-state index contributed by atoms with van der Waals surface area (Å²) in [6.45, 7) is -0.273. The highest BCUT2D eigenvalue weighted by Crippen LogP contribution is 2.36. The van der Waals surface area contributed by atoms with Gasteiger partial charge in [0.05, 0.1) is 7.11 Å². The van der Waals surface area contributed by atoms with Gasteiger partial charge in [-0.1, -0.05) is 0 Å². The van der Waals surface area contributed by atoms with E-state index in [1.54, 1.807) is 0 Å². The van der Waals surface area contributed by atoms with E-state index < -0.39 is 37.1 Å². The van der Waals surface area contributed by atoms with E-state index in [1.165, 1.54) is 0 Å². The van der Waals surface area contributed by atoms with E-state index in [9.17, 15) is 31.5 Å². The van der Waals surface area contributed by atoms with E-state index in [0.717, 1.165) is 14.0 Å². The smallest absolute Gasteiger partial charge is 0.463 e. The molecule has 0 radical (unpaired) electrons. The van der Waals surface area contributed by atoms with Crippen LogP contribution < -0.4 is 0 Å². The van der Waals surface area contributed by atoms with E-state index in [0.29, 0.717) is 0 Å². The van der Waals surface area contributed by atoms with Crippen molar-refractivity contribution in [3.63, 3.8) is 0 Å². The average molecular weight is 263 g/mol. The van der Waals surface area contributed by atoms with E-state index in [2.05, 4.69) is 4.74 Å². The van der Waals surface area contributed by atoms with Crippen molar-refractivity contribution < 1.29 is 36.3 Å². The molecule has 4 nitrogen and oxygen atoms in total. The Morgan fingerprint density at radius 3 is 1.94 bits per heavy atom. The first-order valence-corrected chi connectivity index (χ1v) is 4.38. The Morgan fingerprint density at radius 1 is 1.18 bits per heavy atom. The largest absolute Gasteiger partial charge is 0.468 e. The number of rotatable bonds is 4. The van der Waals surface area contributed by atoms with Crippen molar-refractivity contribution in [1.29, 1.82) is 0 Å². The van der Waals surface area contributed by atoms with Crippen LogP contribution in [0.25, 0.3) is 0 Å². The monoisotopic (exact) mass is 263 g/mol. The zero-order chi connectivity index (χ0) is 13.9. The van der Waals surface area contributed by atoms with E-state index >= 15 is 0 Å². The number of ether oxygens (including phenoxy) is 1.